The van der Waals surface area contributed by atoms with Crippen LogP contribution in [-0.4, -0.2) is 19.8 Å². The summed E-state index contributed by atoms with van der Waals surface area (Å²) in [4.78, 5) is 0. The van der Waals surface area contributed by atoms with Gasteiger partial charge in [-0.3, -0.25) is 0 Å². The highest BCUT2D eigenvalue weighted by molar-refractivity contribution is 5.43. The van der Waals surface area contributed by atoms with Crippen LogP contribution in [0.25, 0.3) is 0 Å². The summed E-state index contributed by atoms with van der Waals surface area (Å²) < 4.78 is 11.2. The standard InChI is InChI=1S/C18H23NO2/c1-14(19)12-16-8-9-17(20-2)18(13-16)21-11-10-15-6-4-3-5-7-15/h3-9,13-14H,10-12,19H2,1-2H3. The highest BCUT2D eigenvalue weighted by Crippen LogP contribution is 2.28. The molecule has 0 fully saturated rings. The van der Waals surface area contributed by atoms with Crippen molar-refractivity contribution in [2.24, 2.45) is 5.73 Å². The van der Waals surface area contributed by atoms with E-state index in [4.69, 9.17) is 15.2 Å². The van der Waals surface area contributed by atoms with E-state index < -0.39 is 0 Å². The summed E-state index contributed by atoms with van der Waals surface area (Å²) in [5.74, 6) is 1.54. The summed E-state index contributed by atoms with van der Waals surface area (Å²) >= 11 is 0. The normalized spacial score (nSPS) is 12.0. The molecule has 21 heavy (non-hydrogen) atoms. The Bertz CT molecular complexity index is 552. The van der Waals surface area contributed by atoms with Crippen molar-refractivity contribution >= 4 is 0 Å². The fourth-order valence-corrected chi connectivity index (χ4v) is 2.26. The van der Waals surface area contributed by atoms with Gasteiger partial charge in [0.05, 0.1) is 13.7 Å². The number of hydrogen-bond acceptors (Lipinski definition) is 3. The average Bonchev–Trinajstić information content (AvgIpc) is 2.48. The van der Waals surface area contributed by atoms with Crippen LogP contribution in [-0.2, 0) is 12.8 Å². The predicted octanol–water partition coefficient (Wildman–Crippen LogP) is 3.21. The van der Waals surface area contributed by atoms with Crippen molar-refractivity contribution in [3.63, 3.8) is 0 Å². The van der Waals surface area contributed by atoms with Gasteiger partial charge in [0.15, 0.2) is 11.5 Å². The minimum Gasteiger partial charge on any atom is -0.493 e. The van der Waals surface area contributed by atoms with Gasteiger partial charge >= 0.3 is 0 Å². The molecular formula is C18H23NO2. The van der Waals surface area contributed by atoms with E-state index in [1.54, 1.807) is 7.11 Å². The van der Waals surface area contributed by atoms with Gasteiger partial charge in [-0.1, -0.05) is 36.4 Å². The van der Waals surface area contributed by atoms with Gasteiger partial charge in [0.1, 0.15) is 0 Å². The molecule has 2 N–H and O–H groups in total. The summed E-state index contributed by atoms with van der Waals surface area (Å²) in [5.41, 5.74) is 8.28. The van der Waals surface area contributed by atoms with E-state index in [-0.39, 0.29) is 6.04 Å². The second-order valence-electron chi connectivity index (χ2n) is 5.25. The molecule has 0 saturated carbocycles. The highest BCUT2D eigenvalue weighted by atomic mass is 16.5. The van der Waals surface area contributed by atoms with E-state index in [0.29, 0.717) is 6.61 Å². The van der Waals surface area contributed by atoms with E-state index in [9.17, 15) is 0 Å². The summed E-state index contributed by atoms with van der Waals surface area (Å²) in [7, 11) is 1.66. The van der Waals surface area contributed by atoms with Crippen LogP contribution in [0.5, 0.6) is 11.5 Å². The van der Waals surface area contributed by atoms with Gasteiger partial charge < -0.3 is 15.2 Å². The van der Waals surface area contributed by atoms with Crippen LogP contribution in [0.15, 0.2) is 48.5 Å². The van der Waals surface area contributed by atoms with Gasteiger partial charge in [-0.05, 0) is 36.6 Å². The first-order valence-corrected chi connectivity index (χ1v) is 7.28. The largest absolute Gasteiger partial charge is 0.493 e. The second kappa shape index (κ2) is 7.70. The van der Waals surface area contributed by atoms with E-state index in [1.807, 2.05) is 43.3 Å². The molecule has 2 aromatic rings. The maximum absolute atomic E-state index is 5.89. The third-order valence-corrected chi connectivity index (χ3v) is 3.28. The number of rotatable bonds is 7. The van der Waals surface area contributed by atoms with Crippen molar-refractivity contribution < 1.29 is 9.47 Å². The van der Waals surface area contributed by atoms with Crippen molar-refractivity contribution in [1.29, 1.82) is 0 Å². The molecule has 1 atom stereocenters. The molecule has 1 unspecified atom stereocenters. The summed E-state index contributed by atoms with van der Waals surface area (Å²) in [6.07, 6.45) is 1.71. The van der Waals surface area contributed by atoms with E-state index in [2.05, 4.69) is 12.1 Å². The van der Waals surface area contributed by atoms with Crippen LogP contribution in [0.4, 0.5) is 0 Å². The lowest BCUT2D eigenvalue weighted by Crippen LogP contribution is -2.17. The maximum Gasteiger partial charge on any atom is 0.161 e. The van der Waals surface area contributed by atoms with Crippen molar-refractivity contribution in [2.75, 3.05) is 13.7 Å². The van der Waals surface area contributed by atoms with Crippen molar-refractivity contribution in [1.82, 2.24) is 0 Å². The lowest BCUT2D eigenvalue weighted by Gasteiger charge is -2.13. The van der Waals surface area contributed by atoms with Crippen LogP contribution in [0.2, 0.25) is 0 Å². The molecule has 0 heterocycles. The first-order chi connectivity index (χ1) is 10.2. The SMILES string of the molecule is COc1ccc(CC(C)N)cc1OCCc1ccccc1. The van der Waals surface area contributed by atoms with Crippen LogP contribution in [0, 0.1) is 0 Å². The Labute approximate surface area is 126 Å². The molecule has 0 spiro atoms. The lowest BCUT2D eigenvalue weighted by atomic mass is 10.1. The molecule has 0 amide bonds. The predicted molar refractivity (Wildman–Crippen MR) is 86.0 cm³/mol. The Kier molecular flexibility index (Phi) is 5.64. The van der Waals surface area contributed by atoms with Gasteiger partial charge in [0.25, 0.3) is 0 Å². The summed E-state index contributed by atoms with van der Waals surface area (Å²) in [6, 6.07) is 16.4. The Morgan fingerprint density at radius 1 is 1.00 bits per heavy atom. The number of nitrogens with two attached hydrogens (primary N) is 1. The topological polar surface area (TPSA) is 44.5 Å². The lowest BCUT2D eigenvalue weighted by molar-refractivity contribution is 0.297. The zero-order chi connectivity index (χ0) is 15.1. The van der Waals surface area contributed by atoms with Gasteiger partial charge in [-0.15, -0.1) is 0 Å². The van der Waals surface area contributed by atoms with Gasteiger partial charge in [-0.25, -0.2) is 0 Å². The van der Waals surface area contributed by atoms with Crippen LogP contribution >= 0.6 is 0 Å². The van der Waals surface area contributed by atoms with Crippen LogP contribution in [0.3, 0.4) is 0 Å². The fourth-order valence-electron chi connectivity index (χ4n) is 2.26. The van der Waals surface area contributed by atoms with Crippen molar-refractivity contribution in [3.8, 4) is 11.5 Å². The van der Waals surface area contributed by atoms with Crippen LogP contribution < -0.4 is 15.2 Å². The number of benzene rings is 2. The molecule has 0 radical (unpaired) electrons. The minimum atomic E-state index is 0.135. The first-order valence-electron chi connectivity index (χ1n) is 7.28. The van der Waals surface area contributed by atoms with Crippen LogP contribution in [0.1, 0.15) is 18.1 Å². The number of ether oxygens (including phenoxy) is 2. The zero-order valence-corrected chi connectivity index (χ0v) is 12.7. The fraction of sp³-hybridized carbons (Fsp3) is 0.333. The monoisotopic (exact) mass is 285 g/mol. The highest BCUT2D eigenvalue weighted by Gasteiger charge is 2.07. The number of methoxy groups -OCH3 is 1. The van der Waals surface area contributed by atoms with E-state index >= 15 is 0 Å². The first kappa shape index (κ1) is 15.4. The molecule has 0 aliphatic heterocycles. The number of hydrogen-bond donors (Lipinski definition) is 1. The second-order valence-corrected chi connectivity index (χ2v) is 5.25. The van der Waals surface area contributed by atoms with E-state index in [1.165, 1.54) is 11.1 Å². The summed E-state index contributed by atoms with van der Waals surface area (Å²) in [5, 5.41) is 0. The Balaban J connectivity index is 2.00. The smallest absolute Gasteiger partial charge is 0.161 e. The Hall–Kier alpha value is -2.00. The molecule has 0 aromatic heterocycles. The summed E-state index contributed by atoms with van der Waals surface area (Å²) in [6.45, 7) is 2.63. The molecular weight excluding hydrogens is 262 g/mol. The average molecular weight is 285 g/mol. The molecule has 3 nitrogen and oxygen atoms in total. The molecule has 2 aromatic carbocycles. The molecule has 0 aliphatic carbocycles. The van der Waals surface area contributed by atoms with Gasteiger partial charge in [0.2, 0.25) is 0 Å². The molecule has 2 rings (SSSR count). The van der Waals surface area contributed by atoms with E-state index in [0.717, 1.165) is 24.3 Å². The Morgan fingerprint density at radius 3 is 2.43 bits per heavy atom. The molecule has 0 aliphatic rings. The molecule has 0 bridgehead atoms. The Morgan fingerprint density at radius 2 is 1.76 bits per heavy atom. The quantitative estimate of drug-likeness (QED) is 0.849. The van der Waals surface area contributed by atoms with Gasteiger partial charge in [-0.2, -0.15) is 0 Å². The minimum absolute atomic E-state index is 0.135. The maximum atomic E-state index is 5.89. The third-order valence-electron chi connectivity index (χ3n) is 3.28. The zero-order valence-electron chi connectivity index (χ0n) is 12.7. The van der Waals surface area contributed by atoms with Crippen molar-refractivity contribution in [3.05, 3.63) is 59.7 Å². The molecule has 3 heteroatoms. The molecule has 0 saturated heterocycles. The van der Waals surface area contributed by atoms with Crippen molar-refractivity contribution in [2.45, 2.75) is 25.8 Å². The third kappa shape index (κ3) is 4.80. The molecule has 112 valence electrons. The van der Waals surface area contributed by atoms with Gasteiger partial charge in [0, 0.05) is 12.5 Å².